The molecule has 0 radical (unpaired) electrons. The van der Waals surface area contributed by atoms with Crippen LogP contribution in [0.5, 0.6) is 5.75 Å². The SMILES string of the molecule is O=[N+]([O-])c1ccc(F)cc1OC1CCC(O)C1. The van der Waals surface area contributed by atoms with E-state index in [0.717, 1.165) is 18.2 Å². The third kappa shape index (κ3) is 2.71. The molecule has 0 aromatic heterocycles. The van der Waals surface area contributed by atoms with Crippen molar-refractivity contribution in [3.05, 3.63) is 34.1 Å². The molecule has 0 heterocycles. The van der Waals surface area contributed by atoms with Crippen LogP contribution in [0.2, 0.25) is 0 Å². The first-order valence-electron chi connectivity index (χ1n) is 5.35. The molecule has 1 aliphatic carbocycles. The maximum absolute atomic E-state index is 13.0. The summed E-state index contributed by atoms with van der Waals surface area (Å²) in [5.74, 6) is -0.654. The van der Waals surface area contributed by atoms with Crippen LogP contribution in [0.15, 0.2) is 18.2 Å². The van der Waals surface area contributed by atoms with E-state index in [9.17, 15) is 19.6 Å². The van der Waals surface area contributed by atoms with Gasteiger partial charge in [-0.2, -0.15) is 0 Å². The van der Waals surface area contributed by atoms with Crippen LogP contribution in [-0.2, 0) is 0 Å². The van der Waals surface area contributed by atoms with Gasteiger partial charge in [-0.1, -0.05) is 0 Å². The van der Waals surface area contributed by atoms with E-state index in [4.69, 9.17) is 4.74 Å². The molecule has 6 heteroatoms. The quantitative estimate of drug-likeness (QED) is 0.649. The summed E-state index contributed by atoms with van der Waals surface area (Å²) in [6, 6.07) is 3.10. The Morgan fingerprint density at radius 1 is 1.47 bits per heavy atom. The number of hydrogen-bond acceptors (Lipinski definition) is 4. The molecular formula is C11H12FNO4. The second kappa shape index (κ2) is 4.67. The Kier molecular flexibility index (Phi) is 3.23. The number of ether oxygens (including phenoxy) is 1. The Hall–Kier alpha value is -1.69. The van der Waals surface area contributed by atoms with Crippen LogP contribution < -0.4 is 4.74 Å². The zero-order valence-corrected chi connectivity index (χ0v) is 9.01. The molecule has 2 atom stereocenters. The van der Waals surface area contributed by atoms with E-state index in [-0.39, 0.29) is 17.5 Å². The Balaban J connectivity index is 2.19. The van der Waals surface area contributed by atoms with Gasteiger partial charge in [-0.25, -0.2) is 4.39 Å². The summed E-state index contributed by atoms with van der Waals surface area (Å²) in [5.41, 5.74) is -0.257. The number of halogens is 1. The minimum atomic E-state index is -0.611. The van der Waals surface area contributed by atoms with Crippen LogP contribution in [-0.4, -0.2) is 22.2 Å². The minimum Gasteiger partial charge on any atom is -0.483 e. The second-order valence-electron chi connectivity index (χ2n) is 4.08. The topological polar surface area (TPSA) is 72.6 Å². The number of aliphatic hydroxyl groups is 1. The standard InChI is InChI=1S/C11H12FNO4/c12-7-1-4-10(13(15)16)11(5-7)17-9-3-2-8(14)6-9/h1,4-5,8-9,14H,2-3,6H2. The first-order valence-corrected chi connectivity index (χ1v) is 5.35. The fourth-order valence-electron chi connectivity index (χ4n) is 1.94. The smallest absolute Gasteiger partial charge is 0.311 e. The van der Waals surface area contributed by atoms with Gasteiger partial charge < -0.3 is 9.84 Å². The van der Waals surface area contributed by atoms with Gasteiger partial charge in [0.2, 0.25) is 0 Å². The van der Waals surface area contributed by atoms with Crippen LogP contribution in [0.1, 0.15) is 19.3 Å². The van der Waals surface area contributed by atoms with E-state index >= 15 is 0 Å². The fraction of sp³-hybridized carbons (Fsp3) is 0.455. The van der Waals surface area contributed by atoms with Crippen molar-refractivity contribution < 1.29 is 19.2 Å². The lowest BCUT2D eigenvalue weighted by molar-refractivity contribution is -0.386. The van der Waals surface area contributed by atoms with Crippen molar-refractivity contribution in [3.8, 4) is 5.75 Å². The molecule has 1 fully saturated rings. The van der Waals surface area contributed by atoms with Crippen LogP contribution in [0.25, 0.3) is 0 Å². The molecule has 1 aromatic carbocycles. The van der Waals surface area contributed by atoms with E-state index in [1.807, 2.05) is 0 Å². The van der Waals surface area contributed by atoms with Crippen molar-refractivity contribution in [2.24, 2.45) is 0 Å². The minimum absolute atomic E-state index is 0.0749. The van der Waals surface area contributed by atoms with Crippen molar-refractivity contribution in [2.45, 2.75) is 31.5 Å². The Bertz CT molecular complexity index is 437. The second-order valence-corrected chi connectivity index (χ2v) is 4.08. The first kappa shape index (κ1) is 11.8. The van der Waals surface area contributed by atoms with Crippen LogP contribution in [0.4, 0.5) is 10.1 Å². The Morgan fingerprint density at radius 3 is 2.82 bits per heavy atom. The van der Waals surface area contributed by atoms with Gasteiger partial charge in [0.1, 0.15) is 11.9 Å². The maximum atomic E-state index is 13.0. The van der Waals surface area contributed by atoms with E-state index in [1.54, 1.807) is 0 Å². The van der Waals surface area contributed by atoms with Gasteiger partial charge in [0.15, 0.2) is 5.75 Å². The third-order valence-electron chi connectivity index (χ3n) is 2.77. The average Bonchev–Trinajstić information content (AvgIpc) is 2.63. The zero-order valence-electron chi connectivity index (χ0n) is 9.01. The predicted octanol–water partition coefficient (Wildman–Crippen LogP) is 2.03. The molecule has 17 heavy (non-hydrogen) atoms. The van der Waals surface area contributed by atoms with Crippen molar-refractivity contribution in [1.29, 1.82) is 0 Å². The van der Waals surface area contributed by atoms with Gasteiger partial charge >= 0.3 is 5.69 Å². The number of aliphatic hydroxyl groups excluding tert-OH is 1. The Morgan fingerprint density at radius 2 is 2.24 bits per heavy atom. The number of nitro groups is 1. The molecule has 92 valence electrons. The molecule has 0 spiro atoms. The van der Waals surface area contributed by atoms with Crippen LogP contribution in [0.3, 0.4) is 0 Å². The lowest BCUT2D eigenvalue weighted by atomic mass is 10.2. The van der Waals surface area contributed by atoms with E-state index in [0.29, 0.717) is 19.3 Å². The lowest BCUT2D eigenvalue weighted by Crippen LogP contribution is -2.14. The molecule has 1 aromatic rings. The van der Waals surface area contributed by atoms with Gasteiger partial charge in [-0.15, -0.1) is 0 Å². The normalized spacial score (nSPS) is 23.6. The Labute approximate surface area is 97.0 Å². The molecule has 1 N–H and O–H groups in total. The number of nitro benzene ring substituents is 1. The van der Waals surface area contributed by atoms with E-state index < -0.39 is 16.8 Å². The zero-order chi connectivity index (χ0) is 12.4. The molecule has 0 bridgehead atoms. The van der Waals surface area contributed by atoms with Gasteiger partial charge in [0.05, 0.1) is 11.0 Å². The third-order valence-corrected chi connectivity index (χ3v) is 2.77. The summed E-state index contributed by atoms with van der Waals surface area (Å²) in [7, 11) is 0. The number of hydrogen-bond donors (Lipinski definition) is 1. The highest BCUT2D eigenvalue weighted by molar-refractivity contribution is 5.46. The number of benzene rings is 1. The summed E-state index contributed by atoms with van der Waals surface area (Å²) >= 11 is 0. The molecule has 2 unspecified atom stereocenters. The summed E-state index contributed by atoms with van der Waals surface area (Å²) in [6.45, 7) is 0. The summed E-state index contributed by atoms with van der Waals surface area (Å²) in [5, 5.41) is 20.0. The van der Waals surface area contributed by atoms with Gasteiger partial charge in [-0.05, 0) is 18.9 Å². The van der Waals surface area contributed by atoms with Gasteiger partial charge in [0, 0.05) is 18.6 Å². The van der Waals surface area contributed by atoms with Crippen molar-refractivity contribution in [3.63, 3.8) is 0 Å². The lowest BCUT2D eigenvalue weighted by Gasteiger charge is -2.13. The predicted molar refractivity (Wildman–Crippen MR) is 57.3 cm³/mol. The molecule has 1 saturated carbocycles. The average molecular weight is 241 g/mol. The highest BCUT2D eigenvalue weighted by Crippen LogP contribution is 2.31. The molecule has 1 aliphatic rings. The molecular weight excluding hydrogens is 229 g/mol. The first-order chi connectivity index (χ1) is 8.06. The van der Waals surface area contributed by atoms with Crippen LogP contribution >= 0.6 is 0 Å². The maximum Gasteiger partial charge on any atom is 0.311 e. The number of nitrogens with zero attached hydrogens (tertiary/aromatic N) is 1. The molecule has 0 aliphatic heterocycles. The molecule has 2 rings (SSSR count). The fourth-order valence-corrected chi connectivity index (χ4v) is 1.94. The summed E-state index contributed by atoms with van der Waals surface area (Å²) < 4.78 is 18.4. The molecule has 5 nitrogen and oxygen atoms in total. The van der Waals surface area contributed by atoms with Gasteiger partial charge in [-0.3, -0.25) is 10.1 Å². The van der Waals surface area contributed by atoms with Gasteiger partial charge in [0.25, 0.3) is 0 Å². The van der Waals surface area contributed by atoms with Crippen molar-refractivity contribution in [1.82, 2.24) is 0 Å². The molecule has 0 amide bonds. The van der Waals surface area contributed by atoms with E-state index in [2.05, 4.69) is 0 Å². The summed E-state index contributed by atoms with van der Waals surface area (Å²) in [4.78, 5) is 10.1. The van der Waals surface area contributed by atoms with E-state index in [1.165, 1.54) is 0 Å². The van der Waals surface area contributed by atoms with Crippen molar-refractivity contribution in [2.75, 3.05) is 0 Å². The summed E-state index contributed by atoms with van der Waals surface area (Å²) in [6.07, 6.45) is 0.925. The monoisotopic (exact) mass is 241 g/mol. The molecule has 0 saturated heterocycles. The highest BCUT2D eigenvalue weighted by atomic mass is 19.1. The number of rotatable bonds is 3. The largest absolute Gasteiger partial charge is 0.483 e. The van der Waals surface area contributed by atoms with Crippen LogP contribution in [0, 0.1) is 15.9 Å². The highest BCUT2D eigenvalue weighted by Gasteiger charge is 2.27. The van der Waals surface area contributed by atoms with Crippen molar-refractivity contribution >= 4 is 5.69 Å².